The first-order valence-corrected chi connectivity index (χ1v) is 8.42. The molecule has 6 nitrogen and oxygen atoms in total. The molecule has 3 aromatic rings. The number of esters is 1. The Labute approximate surface area is 155 Å². The highest BCUT2D eigenvalue weighted by atomic mass is 19.1. The Bertz CT molecular complexity index is 982. The largest absolute Gasteiger partial charge is 0.467 e. The highest BCUT2D eigenvalue weighted by Crippen LogP contribution is 2.30. The Morgan fingerprint density at radius 3 is 2.81 bits per heavy atom. The summed E-state index contributed by atoms with van der Waals surface area (Å²) in [5.41, 5.74) is 3.32. The van der Waals surface area contributed by atoms with Gasteiger partial charge in [0.2, 0.25) is 0 Å². The Kier molecular flexibility index (Phi) is 4.60. The zero-order valence-electron chi connectivity index (χ0n) is 14.6. The van der Waals surface area contributed by atoms with Gasteiger partial charge in [-0.1, -0.05) is 0 Å². The molecule has 2 aromatic carbocycles. The van der Waals surface area contributed by atoms with Gasteiger partial charge in [-0.05, 0) is 49.4 Å². The first-order valence-electron chi connectivity index (χ1n) is 8.42. The lowest BCUT2D eigenvalue weighted by Crippen LogP contribution is -2.15. The molecule has 27 heavy (non-hydrogen) atoms. The lowest BCUT2D eigenvalue weighted by Gasteiger charge is -2.20. The van der Waals surface area contributed by atoms with Crippen LogP contribution in [0.3, 0.4) is 0 Å². The van der Waals surface area contributed by atoms with Crippen molar-refractivity contribution in [1.29, 1.82) is 0 Å². The van der Waals surface area contributed by atoms with Gasteiger partial charge in [-0.25, -0.2) is 13.9 Å². The third-order valence-electron chi connectivity index (χ3n) is 4.29. The van der Waals surface area contributed by atoms with Crippen LogP contribution in [0.5, 0.6) is 5.75 Å². The van der Waals surface area contributed by atoms with E-state index >= 15 is 0 Å². The minimum absolute atomic E-state index is 0.0844. The Hall–Kier alpha value is -3.19. The minimum Gasteiger partial charge on any atom is -0.467 e. The smallest absolute Gasteiger partial charge is 0.338 e. The van der Waals surface area contributed by atoms with E-state index in [1.807, 2.05) is 13.0 Å². The van der Waals surface area contributed by atoms with E-state index in [2.05, 4.69) is 5.10 Å². The van der Waals surface area contributed by atoms with Crippen LogP contribution >= 0.6 is 0 Å². The summed E-state index contributed by atoms with van der Waals surface area (Å²) in [7, 11) is 0. The SMILES string of the molecule is Cc1ccnn1-c1ccc(C(=O)OCc2cc(F)cc3c2OCOC3)cc1. The van der Waals surface area contributed by atoms with E-state index in [0.717, 1.165) is 11.4 Å². The van der Waals surface area contributed by atoms with Gasteiger partial charge in [0, 0.05) is 23.0 Å². The molecule has 0 aliphatic carbocycles. The standard InChI is InChI=1S/C20H17FN2O4/c1-13-6-7-22-23(13)18-4-2-14(3-5-18)20(24)26-11-16-9-17(21)8-15-10-25-12-27-19(15)16/h2-9H,10-12H2,1H3. The number of hydrogen-bond donors (Lipinski definition) is 0. The molecule has 4 rings (SSSR count). The second kappa shape index (κ2) is 7.20. The topological polar surface area (TPSA) is 62.6 Å². The number of hydrogen-bond acceptors (Lipinski definition) is 5. The molecule has 0 radical (unpaired) electrons. The highest BCUT2D eigenvalue weighted by molar-refractivity contribution is 5.89. The number of carbonyl (C=O) groups excluding carboxylic acids is 1. The third kappa shape index (κ3) is 3.54. The predicted molar refractivity (Wildman–Crippen MR) is 94.1 cm³/mol. The van der Waals surface area contributed by atoms with Crippen molar-refractivity contribution in [2.45, 2.75) is 20.1 Å². The number of ether oxygens (including phenoxy) is 3. The maximum absolute atomic E-state index is 13.8. The van der Waals surface area contributed by atoms with Crippen LogP contribution in [0.2, 0.25) is 0 Å². The number of aromatic nitrogens is 2. The van der Waals surface area contributed by atoms with Gasteiger partial charge in [0.15, 0.2) is 6.79 Å². The van der Waals surface area contributed by atoms with Crippen molar-refractivity contribution in [2.75, 3.05) is 6.79 Å². The van der Waals surface area contributed by atoms with Crippen molar-refractivity contribution in [3.8, 4) is 11.4 Å². The van der Waals surface area contributed by atoms with Crippen LogP contribution in [0, 0.1) is 12.7 Å². The van der Waals surface area contributed by atoms with Crippen LogP contribution in [-0.2, 0) is 22.7 Å². The molecule has 0 amide bonds. The molecule has 1 aliphatic rings. The summed E-state index contributed by atoms with van der Waals surface area (Å²) in [4.78, 5) is 12.3. The number of fused-ring (bicyclic) bond motifs is 1. The van der Waals surface area contributed by atoms with Crippen molar-refractivity contribution < 1.29 is 23.4 Å². The van der Waals surface area contributed by atoms with Gasteiger partial charge >= 0.3 is 5.97 Å². The first-order chi connectivity index (χ1) is 13.1. The minimum atomic E-state index is -0.496. The Morgan fingerprint density at radius 1 is 1.26 bits per heavy atom. The van der Waals surface area contributed by atoms with E-state index in [0.29, 0.717) is 22.4 Å². The van der Waals surface area contributed by atoms with Crippen LogP contribution < -0.4 is 4.74 Å². The molecule has 0 fully saturated rings. The van der Waals surface area contributed by atoms with E-state index < -0.39 is 11.8 Å². The summed E-state index contributed by atoms with van der Waals surface area (Å²) in [5.74, 6) is -0.406. The molecule has 0 unspecified atom stereocenters. The molecule has 1 aliphatic heterocycles. The number of halogens is 1. The van der Waals surface area contributed by atoms with Crippen molar-refractivity contribution >= 4 is 5.97 Å². The molecule has 0 spiro atoms. The Morgan fingerprint density at radius 2 is 2.07 bits per heavy atom. The second-order valence-corrected chi connectivity index (χ2v) is 6.17. The van der Waals surface area contributed by atoms with Gasteiger partial charge in [-0.2, -0.15) is 5.10 Å². The van der Waals surface area contributed by atoms with Gasteiger partial charge in [-0.3, -0.25) is 0 Å². The fourth-order valence-electron chi connectivity index (χ4n) is 2.97. The van der Waals surface area contributed by atoms with E-state index in [-0.39, 0.29) is 20.0 Å². The molecule has 1 aromatic heterocycles. The fourth-order valence-corrected chi connectivity index (χ4v) is 2.97. The molecule has 7 heteroatoms. The fraction of sp³-hybridized carbons (Fsp3) is 0.200. The number of carbonyl (C=O) groups is 1. The van der Waals surface area contributed by atoms with Crippen molar-refractivity contribution in [2.24, 2.45) is 0 Å². The van der Waals surface area contributed by atoms with Gasteiger partial charge in [0.05, 0.1) is 17.9 Å². The van der Waals surface area contributed by atoms with Crippen molar-refractivity contribution in [1.82, 2.24) is 9.78 Å². The number of rotatable bonds is 4. The zero-order chi connectivity index (χ0) is 18.8. The first kappa shape index (κ1) is 17.2. The van der Waals surface area contributed by atoms with Gasteiger partial charge in [-0.15, -0.1) is 0 Å². The maximum atomic E-state index is 13.8. The molecular weight excluding hydrogens is 351 g/mol. The molecule has 0 atom stereocenters. The average molecular weight is 368 g/mol. The van der Waals surface area contributed by atoms with Gasteiger partial charge in [0.1, 0.15) is 18.2 Å². The highest BCUT2D eigenvalue weighted by Gasteiger charge is 2.18. The molecule has 2 heterocycles. The van der Waals surface area contributed by atoms with E-state index in [1.165, 1.54) is 12.1 Å². The summed E-state index contributed by atoms with van der Waals surface area (Å²) in [5, 5.41) is 4.23. The van der Waals surface area contributed by atoms with Crippen LogP contribution in [0.25, 0.3) is 5.69 Å². The zero-order valence-corrected chi connectivity index (χ0v) is 14.6. The summed E-state index contributed by atoms with van der Waals surface area (Å²) in [6, 6.07) is 11.5. The van der Waals surface area contributed by atoms with E-state index in [9.17, 15) is 9.18 Å². The normalized spacial score (nSPS) is 13.0. The van der Waals surface area contributed by atoms with Crippen LogP contribution in [0.15, 0.2) is 48.7 Å². The van der Waals surface area contributed by atoms with Crippen LogP contribution in [0.1, 0.15) is 27.2 Å². The number of benzene rings is 2. The van der Waals surface area contributed by atoms with Gasteiger partial charge in [0.25, 0.3) is 0 Å². The molecule has 138 valence electrons. The van der Waals surface area contributed by atoms with Crippen molar-refractivity contribution in [3.63, 3.8) is 0 Å². The predicted octanol–water partition coefficient (Wildman–Crippen LogP) is 3.54. The summed E-state index contributed by atoms with van der Waals surface area (Å²) >= 11 is 0. The monoisotopic (exact) mass is 368 g/mol. The summed E-state index contributed by atoms with van der Waals surface area (Å²) in [6.45, 7) is 2.22. The number of aryl methyl sites for hydroxylation is 1. The lowest BCUT2D eigenvalue weighted by atomic mass is 10.1. The quantitative estimate of drug-likeness (QED) is 0.659. The van der Waals surface area contributed by atoms with Crippen LogP contribution in [-0.4, -0.2) is 22.5 Å². The van der Waals surface area contributed by atoms with E-state index in [1.54, 1.807) is 35.1 Å². The average Bonchev–Trinajstić information content (AvgIpc) is 3.11. The molecule has 0 saturated heterocycles. The molecule has 0 saturated carbocycles. The van der Waals surface area contributed by atoms with Crippen LogP contribution in [0.4, 0.5) is 4.39 Å². The lowest BCUT2D eigenvalue weighted by molar-refractivity contribution is -0.0182. The number of nitrogens with zero attached hydrogens (tertiary/aromatic N) is 2. The summed E-state index contributed by atoms with van der Waals surface area (Å²) in [6.07, 6.45) is 1.71. The third-order valence-corrected chi connectivity index (χ3v) is 4.29. The van der Waals surface area contributed by atoms with Gasteiger partial charge < -0.3 is 14.2 Å². The maximum Gasteiger partial charge on any atom is 0.338 e. The Balaban J connectivity index is 1.47. The summed E-state index contributed by atoms with van der Waals surface area (Å²) < 4.78 is 31.4. The molecule has 0 bridgehead atoms. The molecule has 0 N–H and O–H groups in total. The second-order valence-electron chi connectivity index (χ2n) is 6.17. The molecular formula is C20H17FN2O4. The van der Waals surface area contributed by atoms with Crippen molar-refractivity contribution in [3.05, 3.63) is 76.9 Å². The van der Waals surface area contributed by atoms with E-state index in [4.69, 9.17) is 14.2 Å².